The van der Waals surface area contributed by atoms with E-state index in [1.165, 1.54) is 0 Å². The number of benzene rings is 2. The Morgan fingerprint density at radius 2 is 1.55 bits per heavy atom. The molecule has 0 aromatic heterocycles. The predicted octanol–water partition coefficient (Wildman–Crippen LogP) is 3.79. The second kappa shape index (κ2) is 8.86. The molecule has 0 aliphatic carbocycles. The number of hydrogen-bond donors (Lipinski definition) is 1. The van der Waals surface area contributed by atoms with Crippen molar-refractivity contribution in [2.45, 2.75) is 44.6 Å². The number of nitrogens with zero attached hydrogens (tertiary/aromatic N) is 2. The second-order valence-corrected chi connectivity index (χ2v) is 10.0. The molecule has 1 N–H and O–H groups in total. The van der Waals surface area contributed by atoms with Crippen LogP contribution in [0.15, 0.2) is 41.3 Å². The highest BCUT2D eigenvalue weighted by Gasteiger charge is 2.26. The van der Waals surface area contributed by atoms with Crippen molar-refractivity contribution in [1.29, 1.82) is 0 Å². The summed E-state index contributed by atoms with van der Waals surface area (Å²) < 4.78 is 29.0. The van der Waals surface area contributed by atoms with Gasteiger partial charge in [0.25, 0.3) is 0 Å². The van der Waals surface area contributed by atoms with Crippen molar-refractivity contribution in [3.8, 4) is 0 Å². The first-order valence-corrected chi connectivity index (χ1v) is 11.8. The van der Waals surface area contributed by atoms with Gasteiger partial charge in [-0.05, 0) is 87.2 Å². The Hall–Kier alpha value is -1.89. The maximum atomic E-state index is 13.1. The lowest BCUT2D eigenvalue weighted by molar-refractivity contribution is 0.246. The van der Waals surface area contributed by atoms with E-state index in [0.717, 1.165) is 53.9 Å². The fourth-order valence-electron chi connectivity index (χ4n) is 4.00. The Kier molecular flexibility index (Phi) is 6.66. The number of anilines is 1. The van der Waals surface area contributed by atoms with Crippen molar-refractivity contribution in [2.24, 2.45) is 0 Å². The van der Waals surface area contributed by atoms with E-state index in [0.29, 0.717) is 11.4 Å². The zero-order chi connectivity index (χ0) is 21.2. The number of rotatable bonds is 7. The molecule has 0 amide bonds. The van der Waals surface area contributed by atoms with Crippen LogP contribution in [0.4, 0.5) is 5.69 Å². The van der Waals surface area contributed by atoms with E-state index in [9.17, 15) is 8.42 Å². The molecule has 0 bridgehead atoms. The van der Waals surface area contributed by atoms with Crippen molar-refractivity contribution in [1.82, 2.24) is 9.62 Å². The fourth-order valence-corrected chi connectivity index (χ4v) is 5.34. The van der Waals surface area contributed by atoms with E-state index >= 15 is 0 Å². The highest BCUT2D eigenvalue weighted by Crippen LogP contribution is 2.27. The quantitative estimate of drug-likeness (QED) is 0.747. The van der Waals surface area contributed by atoms with Gasteiger partial charge in [-0.2, -0.15) is 0 Å². The van der Waals surface area contributed by atoms with E-state index in [-0.39, 0.29) is 6.04 Å². The highest BCUT2D eigenvalue weighted by atomic mass is 32.2. The molecule has 1 unspecified atom stereocenters. The van der Waals surface area contributed by atoms with Gasteiger partial charge in [-0.3, -0.25) is 4.90 Å². The van der Waals surface area contributed by atoms with Crippen LogP contribution in [0.1, 0.15) is 41.1 Å². The molecule has 0 spiro atoms. The average Bonchev–Trinajstić information content (AvgIpc) is 3.19. The molecule has 158 valence electrons. The summed E-state index contributed by atoms with van der Waals surface area (Å²) in [6, 6.07) is 12.2. The topological polar surface area (TPSA) is 52.7 Å². The Balaban J connectivity index is 1.84. The van der Waals surface area contributed by atoms with Crippen molar-refractivity contribution >= 4 is 15.7 Å². The first-order chi connectivity index (χ1) is 13.7. The number of hydrogen-bond acceptors (Lipinski definition) is 4. The Morgan fingerprint density at radius 1 is 0.966 bits per heavy atom. The summed E-state index contributed by atoms with van der Waals surface area (Å²) in [5.41, 5.74) is 5.18. The summed E-state index contributed by atoms with van der Waals surface area (Å²) in [5, 5.41) is 0. The Morgan fingerprint density at radius 3 is 2.14 bits per heavy atom. The summed E-state index contributed by atoms with van der Waals surface area (Å²) in [4.78, 5) is 4.84. The van der Waals surface area contributed by atoms with Crippen molar-refractivity contribution < 1.29 is 8.42 Å². The molecule has 0 radical (unpaired) electrons. The molecule has 29 heavy (non-hydrogen) atoms. The summed E-state index contributed by atoms with van der Waals surface area (Å²) >= 11 is 0. The van der Waals surface area contributed by atoms with Crippen molar-refractivity contribution in [2.75, 3.05) is 38.6 Å². The standard InChI is InChI=1S/C23H33N3O2S/c1-17-14-19(3)23(15-18(17)2)29(27,28)24-16-22(26-12-6-7-13-26)20-8-10-21(11-9-20)25(4)5/h8-11,14-15,22,24H,6-7,12-13,16H2,1-5H3. The first-order valence-electron chi connectivity index (χ1n) is 10.3. The summed E-state index contributed by atoms with van der Waals surface area (Å²) in [5.74, 6) is 0. The molecule has 1 aliphatic rings. The molecule has 6 heteroatoms. The summed E-state index contributed by atoms with van der Waals surface area (Å²) in [6.45, 7) is 8.20. The summed E-state index contributed by atoms with van der Waals surface area (Å²) in [6.07, 6.45) is 2.32. The van der Waals surface area contributed by atoms with Crippen LogP contribution < -0.4 is 9.62 Å². The third-order valence-corrected chi connectivity index (χ3v) is 7.49. The first kappa shape index (κ1) is 21.8. The number of nitrogens with one attached hydrogen (secondary N) is 1. The molecule has 1 saturated heterocycles. The molecule has 1 heterocycles. The zero-order valence-corrected chi connectivity index (χ0v) is 19.0. The van der Waals surface area contributed by atoms with Crippen LogP contribution in [0.25, 0.3) is 0 Å². The molecule has 2 aromatic rings. The van der Waals surface area contributed by atoms with Gasteiger partial charge in [0.2, 0.25) is 10.0 Å². The van der Waals surface area contributed by atoms with Crippen molar-refractivity contribution in [3.05, 3.63) is 58.7 Å². The van der Waals surface area contributed by atoms with E-state index in [1.54, 1.807) is 6.07 Å². The number of aryl methyl sites for hydroxylation is 3. The van der Waals surface area contributed by atoms with Gasteiger partial charge in [-0.15, -0.1) is 0 Å². The Bertz CT molecular complexity index is 947. The van der Waals surface area contributed by atoms with Gasteiger partial charge in [0, 0.05) is 32.4 Å². The van der Waals surface area contributed by atoms with Gasteiger partial charge in [-0.1, -0.05) is 18.2 Å². The third-order valence-electron chi connectivity index (χ3n) is 5.92. The molecule has 5 nitrogen and oxygen atoms in total. The molecular weight excluding hydrogens is 382 g/mol. The fraction of sp³-hybridized carbons (Fsp3) is 0.478. The zero-order valence-electron chi connectivity index (χ0n) is 18.2. The van der Waals surface area contributed by atoms with Crippen LogP contribution >= 0.6 is 0 Å². The number of likely N-dealkylation sites (tertiary alicyclic amines) is 1. The number of sulfonamides is 1. The van der Waals surface area contributed by atoms with E-state index in [2.05, 4.69) is 38.8 Å². The molecule has 3 rings (SSSR count). The van der Waals surface area contributed by atoms with Crippen LogP contribution in [0.5, 0.6) is 0 Å². The smallest absolute Gasteiger partial charge is 0.240 e. The van der Waals surface area contributed by atoms with Crippen LogP contribution in [0.2, 0.25) is 0 Å². The minimum Gasteiger partial charge on any atom is -0.378 e. The van der Waals surface area contributed by atoms with Gasteiger partial charge in [0.05, 0.1) is 4.90 Å². The maximum absolute atomic E-state index is 13.1. The predicted molar refractivity (Wildman–Crippen MR) is 120 cm³/mol. The van der Waals surface area contributed by atoms with Gasteiger partial charge in [0.15, 0.2) is 0 Å². The highest BCUT2D eigenvalue weighted by molar-refractivity contribution is 7.89. The molecule has 1 fully saturated rings. The lowest BCUT2D eigenvalue weighted by atomic mass is 10.1. The minimum absolute atomic E-state index is 0.0374. The van der Waals surface area contributed by atoms with Crippen LogP contribution in [0, 0.1) is 20.8 Å². The molecular formula is C23H33N3O2S. The van der Waals surface area contributed by atoms with E-state index in [4.69, 9.17) is 0 Å². The molecule has 1 aliphatic heterocycles. The van der Waals surface area contributed by atoms with Gasteiger partial charge >= 0.3 is 0 Å². The Labute approximate surface area is 175 Å². The van der Waals surface area contributed by atoms with Gasteiger partial charge < -0.3 is 4.90 Å². The monoisotopic (exact) mass is 415 g/mol. The van der Waals surface area contributed by atoms with Crippen LogP contribution in [-0.2, 0) is 10.0 Å². The van der Waals surface area contributed by atoms with E-state index in [1.807, 2.05) is 40.9 Å². The largest absolute Gasteiger partial charge is 0.378 e. The van der Waals surface area contributed by atoms with Gasteiger partial charge in [-0.25, -0.2) is 13.1 Å². The average molecular weight is 416 g/mol. The second-order valence-electron chi connectivity index (χ2n) is 8.30. The lowest BCUT2D eigenvalue weighted by Crippen LogP contribution is -2.37. The van der Waals surface area contributed by atoms with Crippen LogP contribution in [-0.4, -0.2) is 47.0 Å². The van der Waals surface area contributed by atoms with E-state index < -0.39 is 10.0 Å². The summed E-state index contributed by atoms with van der Waals surface area (Å²) in [7, 11) is 0.472. The normalized spacial score (nSPS) is 16.2. The third kappa shape index (κ3) is 5.00. The maximum Gasteiger partial charge on any atom is 0.240 e. The lowest BCUT2D eigenvalue weighted by Gasteiger charge is -2.28. The molecule has 0 saturated carbocycles. The SMILES string of the molecule is Cc1cc(C)c(S(=O)(=O)NCC(c2ccc(N(C)C)cc2)N2CCCC2)cc1C. The van der Waals surface area contributed by atoms with Gasteiger partial charge in [0.1, 0.15) is 0 Å². The molecule has 2 aromatic carbocycles. The molecule has 1 atom stereocenters. The van der Waals surface area contributed by atoms with Crippen LogP contribution in [0.3, 0.4) is 0 Å². The minimum atomic E-state index is -3.57. The van der Waals surface area contributed by atoms with Crippen molar-refractivity contribution in [3.63, 3.8) is 0 Å².